The molecule has 1 aromatic carbocycles. The van der Waals surface area contributed by atoms with Gasteiger partial charge in [-0.3, -0.25) is 14.4 Å². The maximum absolute atomic E-state index is 13.6. The first-order chi connectivity index (χ1) is 17.3. The first-order valence-corrected chi connectivity index (χ1v) is 12.9. The average Bonchev–Trinajstić information content (AvgIpc) is 3.48. The van der Waals surface area contributed by atoms with E-state index in [9.17, 15) is 18.8 Å². The largest absolute Gasteiger partial charge is 0.359 e. The van der Waals surface area contributed by atoms with Crippen LogP contribution in [0.25, 0.3) is 10.9 Å². The Hall–Kier alpha value is -3.31. The van der Waals surface area contributed by atoms with E-state index in [0.717, 1.165) is 30.1 Å². The van der Waals surface area contributed by atoms with Gasteiger partial charge in [0.1, 0.15) is 11.5 Å². The summed E-state index contributed by atoms with van der Waals surface area (Å²) in [5, 5.41) is 9.76. The van der Waals surface area contributed by atoms with E-state index in [1.807, 2.05) is 7.05 Å². The van der Waals surface area contributed by atoms with E-state index in [1.54, 1.807) is 19.2 Å². The number of nitrogens with one attached hydrogen (secondary N) is 4. The molecule has 0 radical (unpaired) electrons. The Balaban J connectivity index is 1.33. The molecule has 1 saturated carbocycles. The minimum Gasteiger partial charge on any atom is -0.359 e. The van der Waals surface area contributed by atoms with Crippen molar-refractivity contribution in [3.8, 4) is 0 Å². The molecule has 2 aromatic heterocycles. The fourth-order valence-electron chi connectivity index (χ4n) is 5.07. The molecule has 3 aromatic rings. The van der Waals surface area contributed by atoms with Crippen LogP contribution >= 0.6 is 11.3 Å². The van der Waals surface area contributed by atoms with E-state index in [0.29, 0.717) is 40.9 Å². The third kappa shape index (κ3) is 4.98. The van der Waals surface area contributed by atoms with Gasteiger partial charge in [-0.2, -0.15) is 0 Å². The Morgan fingerprint density at radius 1 is 1.14 bits per heavy atom. The van der Waals surface area contributed by atoms with E-state index in [2.05, 4.69) is 30.8 Å². The molecule has 0 bridgehead atoms. The number of hydrogen-bond acceptors (Lipinski definition) is 6. The molecule has 190 valence electrons. The average molecular weight is 513 g/mol. The second-order valence-corrected chi connectivity index (χ2v) is 10.7. The van der Waals surface area contributed by atoms with Crippen LogP contribution in [0.2, 0.25) is 0 Å². The number of halogens is 1. The third-order valence-corrected chi connectivity index (χ3v) is 8.13. The van der Waals surface area contributed by atoms with Crippen LogP contribution in [0.15, 0.2) is 24.3 Å². The predicted molar refractivity (Wildman–Crippen MR) is 134 cm³/mol. The monoisotopic (exact) mass is 512 g/mol. The fourth-order valence-corrected chi connectivity index (χ4v) is 6.16. The first kappa shape index (κ1) is 24.4. The molecule has 0 unspecified atom stereocenters. The van der Waals surface area contributed by atoms with Crippen molar-refractivity contribution in [2.75, 3.05) is 20.6 Å². The lowest BCUT2D eigenvalue weighted by Gasteiger charge is -2.36. The van der Waals surface area contributed by atoms with Gasteiger partial charge in [0.25, 0.3) is 11.8 Å². The molecular formula is C25H29FN6O3S. The summed E-state index contributed by atoms with van der Waals surface area (Å²) >= 11 is 1.40. The van der Waals surface area contributed by atoms with Gasteiger partial charge in [-0.25, -0.2) is 9.37 Å². The molecule has 3 amide bonds. The first-order valence-electron chi connectivity index (χ1n) is 12.1. The highest BCUT2D eigenvalue weighted by Gasteiger charge is 2.36. The van der Waals surface area contributed by atoms with E-state index >= 15 is 0 Å². The zero-order valence-corrected chi connectivity index (χ0v) is 21.0. The summed E-state index contributed by atoms with van der Waals surface area (Å²) in [5.41, 5.74) is 1.94. The van der Waals surface area contributed by atoms with Crippen LogP contribution in [-0.2, 0) is 17.8 Å². The summed E-state index contributed by atoms with van der Waals surface area (Å²) in [7, 11) is 3.64. The molecule has 1 aliphatic carbocycles. The number of aromatic nitrogens is 2. The van der Waals surface area contributed by atoms with Gasteiger partial charge in [-0.05, 0) is 50.6 Å². The zero-order chi connectivity index (χ0) is 25.4. The van der Waals surface area contributed by atoms with Gasteiger partial charge in [-0.15, -0.1) is 11.3 Å². The number of amides is 3. The second kappa shape index (κ2) is 9.98. The van der Waals surface area contributed by atoms with E-state index in [-0.39, 0.29) is 35.5 Å². The Morgan fingerprint density at radius 2 is 1.94 bits per heavy atom. The molecule has 4 N–H and O–H groups in total. The molecule has 9 nitrogen and oxygen atoms in total. The Morgan fingerprint density at radius 3 is 2.75 bits per heavy atom. The summed E-state index contributed by atoms with van der Waals surface area (Å²) in [6.07, 6.45) is 2.34. The van der Waals surface area contributed by atoms with Crippen molar-refractivity contribution in [3.63, 3.8) is 0 Å². The number of nitrogens with zero attached hydrogens (tertiary/aromatic N) is 2. The number of rotatable bonds is 5. The number of benzene rings is 1. The van der Waals surface area contributed by atoms with Gasteiger partial charge in [0.2, 0.25) is 5.91 Å². The van der Waals surface area contributed by atoms with Gasteiger partial charge in [0.15, 0.2) is 5.01 Å². The minimum absolute atomic E-state index is 0.0792. The molecule has 1 fully saturated rings. The lowest BCUT2D eigenvalue weighted by molar-refractivity contribution is -0.125. The fraction of sp³-hybridized carbons (Fsp3) is 0.440. The summed E-state index contributed by atoms with van der Waals surface area (Å²) in [4.78, 5) is 49.5. The van der Waals surface area contributed by atoms with Gasteiger partial charge in [0.05, 0.1) is 11.7 Å². The normalized spacial score (nSPS) is 22.1. The SMILES string of the molecule is CNC(=O)[C@H]1CC[C@H](NC(=O)c2cc3cc(F)ccc3[nH]2)[C@H](NC(=O)c2nc3c(s2)CN(C)CC3)C1. The molecule has 1 aliphatic heterocycles. The van der Waals surface area contributed by atoms with Crippen LogP contribution in [0.4, 0.5) is 4.39 Å². The van der Waals surface area contributed by atoms with Crippen LogP contribution in [0.1, 0.15) is 50.1 Å². The van der Waals surface area contributed by atoms with Gasteiger partial charge < -0.3 is 25.8 Å². The smallest absolute Gasteiger partial charge is 0.280 e. The third-order valence-electron chi connectivity index (χ3n) is 7.04. The van der Waals surface area contributed by atoms with E-state index in [4.69, 9.17) is 0 Å². The highest BCUT2D eigenvalue weighted by molar-refractivity contribution is 7.13. The lowest BCUT2D eigenvalue weighted by Crippen LogP contribution is -2.55. The van der Waals surface area contributed by atoms with Gasteiger partial charge in [0, 0.05) is 54.3 Å². The summed E-state index contributed by atoms with van der Waals surface area (Å²) in [6, 6.07) is 5.08. The molecule has 36 heavy (non-hydrogen) atoms. The van der Waals surface area contributed by atoms with E-state index < -0.39 is 6.04 Å². The molecule has 5 rings (SSSR count). The van der Waals surface area contributed by atoms with E-state index in [1.165, 1.54) is 23.5 Å². The second-order valence-electron chi connectivity index (χ2n) is 9.58. The van der Waals surface area contributed by atoms with Gasteiger partial charge in [-0.1, -0.05) is 0 Å². The van der Waals surface area contributed by atoms with Crippen LogP contribution in [0.3, 0.4) is 0 Å². The van der Waals surface area contributed by atoms with Crippen molar-refractivity contribution in [1.29, 1.82) is 0 Å². The molecule has 11 heteroatoms. The van der Waals surface area contributed by atoms with Crippen LogP contribution in [0.5, 0.6) is 0 Å². The zero-order valence-electron chi connectivity index (χ0n) is 20.2. The molecule has 3 atom stereocenters. The maximum atomic E-state index is 13.6. The number of carbonyl (C=O) groups excluding carboxylic acids is 3. The van der Waals surface area contributed by atoms with Crippen LogP contribution in [-0.4, -0.2) is 65.3 Å². The summed E-state index contributed by atoms with van der Waals surface area (Å²) < 4.78 is 13.6. The quantitative estimate of drug-likeness (QED) is 0.418. The molecular weight excluding hydrogens is 483 g/mol. The van der Waals surface area contributed by atoms with Crippen molar-refractivity contribution in [2.45, 2.75) is 44.3 Å². The van der Waals surface area contributed by atoms with Crippen molar-refractivity contribution >= 4 is 40.0 Å². The van der Waals surface area contributed by atoms with Gasteiger partial charge >= 0.3 is 0 Å². The standard InChI is InChI=1S/C25H29FN6O3S/c1-27-22(33)13-3-5-17(29-23(34)20-11-14-9-15(26)4-6-16(14)28-20)19(10-13)30-24(35)25-31-18-7-8-32(2)12-21(18)36-25/h4,6,9,11,13,17,19,28H,3,5,7-8,10,12H2,1-2H3,(H,27,33)(H,29,34)(H,30,35)/t13-,17-,19+/m0/s1. The molecule has 0 spiro atoms. The number of carbonyl (C=O) groups is 3. The minimum atomic E-state index is -0.442. The predicted octanol–water partition coefficient (Wildman–Crippen LogP) is 2.19. The highest BCUT2D eigenvalue weighted by atomic mass is 32.1. The van der Waals surface area contributed by atoms with Crippen LogP contribution in [0, 0.1) is 11.7 Å². The summed E-state index contributed by atoms with van der Waals surface area (Å²) in [5.74, 6) is -1.35. The molecule has 3 heterocycles. The Kier molecular flexibility index (Phi) is 6.76. The highest BCUT2D eigenvalue weighted by Crippen LogP contribution is 2.28. The number of H-pyrrole nitrogens is 1. The Labute approximate surface area is 211 Å². The summed E-state index contributed by atoms with van der Waals surface area (Å²) in [6.45, 7) is 1.68. The topological polar surface area (TPSA) is 119 Å². The van der Waals surface area contributed by atoms with Crippen molar-refractivity contribution in [2.24, 2.45) is 5.92 Å². The number of likely N-dealkylation sites (N-methyl/N-ethyl adjacent to an activating group) is 1. The molecule has 0 saturated heterocycles. The van der Waals surface area contributed by atoms with Crippen molar-refractivity contribution in [3.05, 3.63) is 51.4 Å². The van der Waals surface area contributed by atoms with Crippen molar-refractivity contribution < 1.29 is 18.8 Å². The Bertz CT molecular complexity index is 1320. The lowest BCUT2D eigenvalue weighted by atomic mass is 9.81. The number of aromatic amines is 1. The number of hydrogen-bond donors (Lipinski definition) is 4. The number of fused-ring (bicyclic) bond motifs is 2. The molecule has 2 aliphatic rings. The number of thiazole rings is 1. The van der Waals surface area contributed by atoms with Crippen LogP contribution < -0.4 is 16.0 Å². The maximum Gasteiger partial charge on any atom is 0.280 e. The van der Waals surface area contributed by atoms with Crippen molar-refractivity contribution in [1.82, 2.24) is 30.8 Å².